The minimum atomic E-state index is 0.0467. The van der Waals surface area contributed by atoms with Crippen molar-refractivity contribution in [3.63, 3.8) is 0 Å². The third-order valence-corrected chi connectivity index (χ3v) is 3.95. The number of rotatable bonds is 2. The summed E-state index contributed by atoms with van der Waals surface area (Å²) in [6, 6.07) is 9.34. The molecule has 0 atom stereocenters. The Bertz CT molecular complexity index is 613. The highest BCUT2D eigenvalue weighted by molar-refractivity contribution is 6.11. The van der Waals surface area contributed by atoms with Gasteiger partial charge in [-0.15, -0.1) is 0 Å². The topological polar surface area (TPSA) is 43.1 Å². The lowest BCUT2D eigenvalue weighted by Gasteiger charge is -2.17. The molecule has 0 radical (unpaired) electrons. The lowest BCUT2D eigenvalue weighted by atomic mass is 9.88. The molecule has 19 heavy (non-hydrogen) atoms. The van der Waals surface area contributed by atoms with Crippen molar-refractivity contribution >= 4 is 11.5 Å². The average Bonchev–Trinajstić information content (AvgIpc) is 2.44. The normalized spacial score (nSPS) is 10.5. The first-order valence-corrected chi connectivity index (χ1v) is 6.40. The number of hydrogen-bond donors (Lipinski definition) is 1. The zero-order chi connectivity index (χ0) is 14.2. The quantitative estimate of drug-likeness (QED) is 0.654. The molecular formula is C17H19NO. The Balaban J connectivity index is 2.67. The number of anilines is 1. The van der Waals surface area contributed by atoms with E-state index in [-0.39, 0.29) is 5.78 Å². The molecule has 0 aromatic heterocycles. The van der Waals surface area contributed by atoms with Gasteiger partial charge < -0.3 is 5.73 Å². The Hall–Kier alpha value is -2.09. The minimum absolute atomic E-state index is 0.0467. The molecule has 0 aliphatic rings. The molecule has 2 rings (SSSR count). The van der Waals surface area contributed by atoms with Crippen molar-refractivity contribution in [1.29, 1.82) is 0 Å². The van der Waals surface area contributed by atoms with Crippen molar-refractivity contribution in [2.45, 2.75) is 27.7 Å². The maximum atomic E-state index is 12.6. The van der Waals surface area contributed by atoms with E-state index in [1.807, 2.05) is 58.0 Å². The fourth-order valence-corrected chi connectivity index (χ4v) is 2.44. The second-order valence-corrected chi connectivity index (χ2v) is 4.98. The van der Waals surface area contributed by atoms with Gasteiger partial charge in [-0.25, -0.2) is 0 Å². The smallest absolute Gasteiger partial charge is 0.193 e. The molecule has 0 bridgehead atoms. The van der Waals surface area contributed by atoms with Crippen LogP contribution in [0.25, 0.3) is 0 Å². The molecule has 2 aromatic rings. The lowest BCUT2D eigenvalue weighted by molar-refractivity contribution is 0.103. The van der Waals surface area contributed by atoms with Gasteiger partial charge in [0.25, 0.3) is 0 Å². The molecule has 0 aliphatic heterocycles. The maximum absolute atomic E-state index is 12.6. The lowest BCUT2D eigenvalue weighted by Crippen LogP contribution is -2.11. The zero-order valence-corrected chi connectivity index (χ0v) is 11.9. The Morgan fingerprint density at radius 2 is 1.42 bits per heavy atom. The average molecular weight is 253 g/mol. The zero-order valence-electron chi connectivity index (χ0n) is 11.9. The number of hydrogen-bond acceptors (Lipinski definition) is 2. The van der Waals surface area contributed by atoms with E-state index in [0.717, 1.165) is 33.5 Å². The standard InChI is InChI=1S/C17H19NO/c1-10-11(2)15(13(4)16(18)12(10)3)17(19)14-8-6-5-7-9-14/h5-9H,18H2,1-4H3. The van der Waals surface area contributed by atoms with Gasteiger partial charge in [0.05, 0.1) is 0 Å². The molecule has 0 fully saturated rings. The predicted octanol–water partition coefficient (Wildman–Crippen LogP) is 3.73. The largest absolute Gasteiger partial charge is 0.398 e. The van der Waals surface area contributed by atoms with Gasteiger partial charge in [0, 0.05) is 16.8 Å². The predicted molar refractivity (Wildman–Crippen MR) is 79.7 cm³/mol. The van der Waals surface area contributed by atoms with Crippen LogP contribution in [0.2, 0.25) is 0 Å². The molecule has 0 saturated heterocycles. The first-order chi connectivity index (χ1) is 8.95. The fraction of sp³-hybridized carbons (Fsp3) is 0.235. The Kier molecular flexibility index (Phi) is 3.43. The summed E-state index contributed by atoms with van der Waals surface area (Å²) in [5, 5.41) is 0. The molecule has 0 aliphatic carbocycles. The van der Waals surface area contributed by atoms with Crippen molar-refractivity contribution in [3.8, 4) is 0 Å². The van der Waals surface area contributed by atoms with Crippen LogP contribution in [0.1, 0.15) is 38.2 Å². The van der Waals surface area contributed by atoms with Gasteiger partial charge in [0.2, 0.25) is 0 Å². The van der Waals surface area contributed by atoms with Gasteiger partial charge in [0.15, 0.2) is 5.78 Å². The maximum Gasteiger partial charge on any atom is 0.193 e. The summed E-state index contributed by atoms with van der Waals surface area (Å²) in [4.78, 5) is 12.6. The van der Waals surface area contributed by atoms with Gasteiger partial charge in [-0.2, -0.15) is 0 Å². The van der Waals surface area contributed by atoms with Crippen LogP contribution < -0.4 is 5.73 Å². The highest BCUT2D eigenvalue weighted by Gasteiger charge is 2.19. The van der Waals surface area contributed by atoms with Crippen LogP contribution in [0.5, 0.6) is 0 Å². The van der Waals surface area contributed by atoms with E-state index in [0.29, 0.717) is 5.56 Å². The first kappa shape index (κ1) is 13.3. The van der Waals surface area contributed by atoms with Crippen molar-refractivity contribution < 1.29 is 4.79 Å². The summed E-state index contributed by atoms with van der Waals surface area (Å²) >= 11 is 0. The van der Waals surface area contributed by atoms with E-state index < -0.39 is 0 Å². The van der Waals surface area contributed by atoms with Crippen molar-refractivity contribution in [3.05, 3.63) is 63.7 Å². The SMILES string of the molecule is Cc1c(C)c(N)c(C)c(C(=O)c2ccccc2)c1C. The van der Waals surface area contributed by atoms with Crippen LogP contribution in [-0.2, 0) is 0 Å². The molecule has 2 heteroatoms. The van der Waals surface area contributed by atoms with E-state index >= 15 is 0 Å². The van der Waals surface area contributed by atoms with Crippen LogP contribution in [0.15, 0.2) is 30.3 Å². The van der Waals surface area contributed by atoms with Gasteiger partial charge in [-0.3, -0.25) is 4.79 Å². The van der Waals surface area contributed by atoms with Crippen LogP contribution in [0.3, 0.4) is 0 Å². The van der Waals surface area contributed by atoms with Crippen LogP contribution in [0, 0.1) is 27.7 Å². The molecule has 2 nitrogen and oxygen atoms in total. The van der Waals surface area contributed by atoms with Crippen molar-refractivity contribution in [2.24, 2.45) is 0 Å². The number of benzene rings is 2. The Morgan fingerprint density at radius 1 is 0.842 bits per heavy atom. The summed E-state index contributed by atoms with van der Waals surface area (Å²) < 4.78 is 0. The second kappa shape index (κ2) is 4.88. The number of ketones is 1. The van der Waals surface area contributed by atoms with E-state index in [1.165, 1.54) is 0 Å². The third-order valence-electron chi connectivity index (χ3n) is 3.95. The molecule has 2 N–H and O–H groups in total. The molecule has 0 unspecified atom stereocenters. The van der Waals surface area contributed by atoms with Gasteiger partial charge >= 0.3 is 0 Å². The monoisotopic (exact) mass is 253 g/mol. The van der Waals surface area contributed by atoms with E-state index in [9.17, 15) is 4.79 Å². The van der Waals surface area contributed by atoms with Crippen LogP contribution >= 0.6 is 0 Å². The molecule has 0 amide bonds. The minimum Gasteiger partial charge on any atom is -0.398 e. The highest BCUT2D eigenvalue weighted by Crippen LogP contribution is 2.30. The summed E-state index contributed by atoms with van der Waals surface area (Å²) in [7, 11) is 0. The third kappa shape index (κ3) is 2.14. The number of carbonyl (C=O) groups is 1. The molecule has 0 spiro atoms. The van der Waals surface area contributed by atoms with Crippen LogP contribution in [0.4, 0.5) is 5.69 Å². The molecular weight excluding hydrogens is 234 g/mol. The van der Waals surface area contributed by atoms with Gasteiger partial charge in [0.1, 0.15) is 0 Å². The first-order valence-electron chi connectivity index (χ1n) is 6.40. The summed E-state index contributed by atoms with van der Waals surface area (Å²) in [6.45, 7) is 7.93. The molecule has 2 aromatic carbocycles. The Morgan fingerprint density at radius 3 is 2.00 bits per heavy atom. The Labute approximate surface area is 114 Å². The molecule has 98 valence electrons. The fourth-order valence-electron chi connectivity index (χ4n) is 2.44. The van der Waals surface area contributed by atoms with Crippen molar-refractivity contribution in [1.82, 2.24) is 0 Å². The number of carbonyl (C=O) groups excluding carboxylic acids is 1. The van der Waals surface area contributed by atoms with Crippen LogP contribution in [-0.4, -0.2) is 5.78 Å². The summed E-state index contributed by atoms with van der Waals surface area (Å²) in [5.74, 6) is 0.0467. The molecule has 0 saturated carbocycles. The molecule has 0 heterocycles. The van der Waals surface area contributed by atoms with E-state index in [2.05, 4.69) is 0 Å². The van der Waals surface area contributed by atoms with Gasteiger partial charge in [-0.05, 0) is 49.9 Å². The second-order valence-electron chi connectivity index (χ2n) is 4.98. The summed E-state index contributed by atoms with van der Waals surface area (Å²) in [6.07, 6.45) is 0. The number of nitrogen functional groups attached to an aromatic ring is 1. The van der Waals surface area contributed by atoms with Crippen molar-refractivity contribution in [2.75, 3.05) is 5.73 Å². The van der Waals surface area contributed by atoms with E-state index in [1.54, 1.807) is 0 Å². The highest BCUT2D eigenvalue weighted by atomic mass is 16.1. The van der Waals surface area contributed by atoms with Gasteiger partial charge in [-0.1, -0.05) is 30.3 Å². The van der Waals surface area contributed by atoms with E-state index in [4.69, 9.17) is 5.73 Å². The number of nitrogens with two attached hydrogens (primary N) is 1. The summed E-state index contributed by atoms with van der Waals surface area (Å²) in [5.41, 5.74) is 12.4.